The number of aliphatic hydroxyl groups excluding tert-OH is 2. The van der Waals surface area contributed by atoms with Crippen LogP contribution in [0.2, 0.25) is 0 Å². The molecule has 0 aliphatic heterocycles. The predicted molar refractivity (Wildman–Crippen MR) is 191 cm³/mol. The lowest BCUT2D eigenvalue weighted by Crippen LogP contribution is -1.95. The van der Waals surface area contributed by atoms with Crippen LogP contribution in [0.3, 0.4) is 0 Å². The first kappa shape index (κ1) is 29.3. The third-order valence-electron chi connectivity index (χ3n) is 8.89. The van der Waals surface area contributed by atoms with Crippen molar-refractivity contribution < 1.29 is 20.4 Å². The lowest BCUT2D eigenvalue weighted by Gasteiger charge is -2.11. The van der Waals surface area contributed by atoms with Gasteiger partial charge in [0.15, 0.2) is 0 Å². The van der Waals surface area contributed by atoms with Gasteiger partial charge in [-0.1, -0.05) is 121 Å². The van der Waals surface area contributed by atoms with Crippen molar-refractivity contribution in [3.8, 4) is 11.5 Å². The van der Waals surface area contributed by atoms with Crippen molar-refractivity contribution in [3.63, 3.8) is 0 Å². The molecule has 9 aromatic carbocycles. The first-order chi connectivity index (χ1) is 22.3. The minimum atomic E-state index is -0.469. The van der Waals surface area contributed by atoms with E-state index in [1.807, 2.05) is 48.5 Å². The first-order valence-corrected chi connectivity index (χ1v) is 15.5. The Morgan fingerprint density at radius 2 is 0.674 bits per heavy atom. The molecule has 9 aromatic rings. The molecule has 0 radical (unpaired) electrons. The van der Waals surface area contributed by atoms with Gasteiger partial charge in [-0.25, -0.2) is 0 Å². The summed E-state index contributed by atoms with van der Waals surface area (Å²) in [7, 11) is 0. The summed E-state index contributed by atoms with van der Waals surface area (Å²) in [5, 5.41) is 52.4. The Labute approximate surface area is 266 Å². The maximum absolute atomic E-state index is 9.95. The molecule has 46 heavy (non-hydrogen) atoms. The minimum absolute atomic E-state index is 0.357. The maximum Gasteiger partial charge on any atom is 0.123 e. The normalized spacial score (nSPS) is 12.8. The third-order valence-corrected chi connectivity index (χ3v) is 8.89. The molecular formula is C42H34O4. The quantitative estimate of drug-likeness (QED) is 0.148. The van der Waals surface area contributed by atoms with Crippen molar-refractivity contribution in [1.29, 1.82) is 0 Å². The van der Waals surface area contributed by atoms with Gasteiger partial charge in [-0.2, -0.15) is 0 Å². The molecule has 2 unspecified atom stereocenters. The van der Waals surface area contributed by atoms with Gasteiger partial charge in [0.05, 0.1) is 12.2 Å². The summed E-state index contributed by atoms with van der Waals surface area (Å²) in [5.41, 5.74) is 1.68. The fraction of sp³-hybridized carbons (Fsp3) is 0.0952. The molecule has 4 heteroatoms. The lowest BCUT2D eigenvalue weighted by molar-refractivity contribution is 0.192. The van der Waals surface area contributed by atoms with E-state index in [2.05, 4.69) is 72.8 Å². The van der Waals surface area contributed by atoms with Gasteiger partial charge in [0, 0.05) is 21.5 Å². The van der Waals surface area contributed by atoms with Crippen molar-refractivity contribution in [2.24, 2.45) is 0 Å². The summed E-state index contributed by atoms with van der Waals surface area (Å²) >= 11 is 0. The summed E-state index contributed by atoms with van der Waals surface area (Å²) < 4.78 is 0. The standard InChI is InChI=1S/2C16H10O.C10H14O2/c2*17-14-9-7-12-5-4-10-2-1-3-11-6-8-13(14)16(12)15(10)11;1-7(11)9-4-3-5-10(6-9)8(2)12/h2*1-9,17H;3-8,11-12H,1-2H3. The van der Waals surface area contributed by atoms with Gasteiger partial charge in [-0.05, 0) is 80.2 Å². The number of hydrogen-bond donors (Lipinski definition) is 4. The van der Waals surface area contributed by atoms with E-state index in [0.717, 1.165) is 21.9 Å². The Hall–Kier alpha value is -5.42. The molecule has 4 N–H and O–H groups in total. The van der Waals surface area contributed by atoms with Crippen LogP contribution in [0.5, 0.6) is 11.5 Å². The topological polar surface area (TPSA) is 80.9 Å². The number of phenols is 2. The summed E-state index contributed by atoms with van der Waals surface area (Å²) in [6, 6.07) is 44.1. The van der Waals surface area contributed by atoms with E-state index >= 15 is 0 Å². The fourth-order valence-corrected chi connectivity index (χ4v) is 6.52. The van der Waals surface area contributed by atoms with Crippen LogP contribution in [0.25, 0.3) is 64.6 Å². The van der Waals surface area contributed by atoms with Crippen molar-refractivity contribution in [2.75, 3.05) is 0 Å². The van der Waals surface area contributed by atoms with E-state index < -0.39 is 12.2 Å². The molecule has 0 bridgehead atoms. The molecule has 0 aliphatic rings. The van der Waals surface area contributed by atoms with E-state index in [9.17, 15) is 20.4 Å². The van der Waals surface area contributed by atoms with E-state index in [1.165, 1.54) is 53.9 Å². The zero-order valence-electron chi connectivity index (χ0n) is 25.6. The van der Waals surface area contributed by atoms with Crippen molar-refractivity contribution in [2.45, 2.75) is 26.1 Å². The molecule has 9 rings (SSSR count). The fourth-order valence-electron chi connectivity index (χ4n) is 6.52. The Morgan fingerprint density at radius 3 is 1.04 bits per heavy atom. The predicted octanol–water partition coefficient (Wildman–Crippen LogP) is 10.4. The molecule has 4 nitrogen and oxygen atoms in total. The SMILES string of the molecule is CC(O)c1cccc(C(C)O)c1.Oc1ccc2ccc3cccc4ccc1c2c34.Oc1ccc2ccc3cccc4ccc1c2c34. The highest BCUT2D eigenvalue weighted by Crippen LogP contribution is 2.39. The highest BCUT2D eigenvalue weighted by Gasteiger charge is 2.11. The molecule has 0 heterocycles. The average Bonchev–Trinajstić information content (AvgIpc) is 3.08. The Morgan fingerprint density at radius 1 is 0.370 bits per heavy atom. The molecule has 0 aliphatic carbocycles. The van der Waals surface area contributed by atoms with Gasteiger partial charge in [0.25, 0.3) is 0 Å². The molecule has 226 valence electrons. The molecule has 0 saturated heterocycles. The van der Waals surface area contributed by atoms with Gasteiger partial charge >= 0.3 is 0 Å². The Kier molecular flexibility index (Phi) is 7.53. The van der Waals surface area contributed by atoms with Crippen LogP contribution >= 0.6 is 0 Å². The van der Waals surface area contributed by atoms with E-state index in [0.29, 0.717) is 11.5 Å². The van der Waals surface area contributed by atoms with E-state index in [4.69, 9.17) is 0 Å². The molecule has 0 saturated carbocycles. The zero-order chi connectivity index (χ0) is 31.9. The van der Waals surface area contributed by atoms with Crippen molar-refractivity contribution in [1.82, 2.24) is 0 Å². The Bertz CT molecular complexity index is 2260. The second kappa shape index (κ2) is 11.8. The minimum Gasteiger partial charge on any atom is -0.507 e. The number of aliphatic hydroxyl groups is 2. The van der Waals surface area contributed by atoms with Gasteiger partial charge in [-0.3, -0.25) is 0 Å². The summed E-state index contributed by atoms with van der Waals surface area (Å²) in [4.78, 5) is 0. The van der Waals surface area contributed by atoms with Crippen LogP contribution in [0.15, 0.2) is 133 Å². The van der Waals surface area contributed by atoms with Gasteiger partial charge in [0.1, 0.15) is 11.5 Å². The van der Waals surface area contributed by atoms with Gasteiger partial charge < -0.3 is 20.4 Å². The van der Waals surface area contributed by atoms with E-state index in [-0.39, 0.29) is 0 Å². The van der Waals surface area contributed by atoms with Crippen LogP contribution in [0.4, 0.5) is 0 Å². The van der Waals surface area contributed by atoms with Gasteiger partial charge in [-0.15, -0.1) is 0 Å². The highest BCUT2D eigenvalue weighted by molar-refractivity contribution is 6.25. The van der Waals surface area contributed by atoms with Crippen LogP contribution < -0.4 is 0 Å². The van der Waals surface area contributed by atoms with Gasteiger partial charge in [0.2, 0.25) is 0 Å². The molecular weight excluding hydrogens is 568 g/mol. The number of benzene rings is 9. The average molecular weight is 603 g/mol. The Balaban J connectivity index is 0.000000113. The summed E-state index contributed by atoms with van der Waals surface area (Å²) in [5.74, 6) is 0.714. The van der Waals surface area contributed by atoms with Crippen LogP contribution in [0.1, 0.15) is 37.2 Å². The number of hydrogen-bond acceptors (Lipinski definition) is 4. The number of aromatic hydroxyl groups is 2. The van der Waals surface area contributed by atoms with Crippen molar-refractivity contribution >= 4 is 64.6 Å². The lowest BCUT2D eigenvalue weighted by atomic mass is 9.94. The summed E-state index contributed by atoms with van der Waals surface area (Å²) in [6.07, 6.45) is -0.938. The van der Waals surface area contributed by atoms with Crippen molar-refractivity contribution in [3.05, 3.63) is 145 Å². The second-order valence-electron chi connectivity index (χ2n) is 11.9. The highest BCUT2D eigenvalue weighted by atomic mass is 16.3. The smallest absolute Gasteiger partial charge is 0.123 e. The molecule has 0 spiro atoms. The molecule has 2 atom stereocenters. The molecule has 0 aromatic heterocycles. The molecule has 0 amide bonds. The summed E-state index contributed by atoms with van der Waals surface area (Å²) in [6.45, 7) is 3.42. The van der Waals surface area contributed by atoms with Crippen LogP contribution in [-0.4, -0.2) is 20.4 Å². The molecule has 0 fully saturated rings. The van der Waals surface area contributed by atoms with Crippen LogP contribution in [-0.2, 0) is 0 Å². The first-order valence-electron chi connectivity index (χ1n) is 15.5. The second-order valence-corrected chi connectivity index (χ2v) is 11.9. The number of rotatable bonds is 2. The largest absolute Gasteiger partial charge is 0.507 e. The maximum atomic E-state index is 9.95. The third kappa shape index (κ3) is 5.18. The van der Waals surface area contributed by atoms with E-state index in [1.54, 1.807) is 26.0 Å². The zero-order valence-corrected chi connectivity index (χ0v) is 25.6. The monoisotopic (exact) mass is 602 g/mol. The number of phenolic OH excluding ortho intramolecular Hbond substituents is 2. The van der Waals surface area contributed by atoms with Crippen LogP contribution in [0, 0.1) is 0 Å².